The maximum absolute atomic E-state index is 13.3. The van der Waals surface area contributed by atoms with Gasteiger partial charge in [-0.05, 0) is 48.2 Å². The molecule has 11 nitrogen and oxygen atoms in total. The zero-order valence-electron chi connectivity index (χ0n) is 23.0. The van der Waals surface area contributed by atoms with Gasteiger partial charge in [-0.15, -0.1) is 0 Å². The molecule has 1 amide bonds. The average Bonchev–Trinajstić information content (AvgIpc) is 3.66. The number of likely N-dealkylation sites (N-methyl/N-ethyl adjacent to an activating group) is 1. The first kappa shape index (κ1) is 26.9. The summed E-state index contributed by atoms with van der Waals surface area (Å²) >= 11 is 6.51. The number of nitrogens with one attached hydrogen (secondary N) is 3. The van der Waals surface area contributed by atoms with E-state index in [1.807, 2.05) is 49.6 Å². The Kier molecular flexibility index (Phi) is 7.38. The van der Waals surface area contributed by atoms with Gasteiger partial charge in [-0.3, -0.25) is 4.79 Å². The van der Waals surface area contributed by atoms with Gasteiger partial charge in [0, 0.05) is 32.1 Å². The van der Waals surface area contributed by atoms with E-state index in [0.717, 1.165) is 29.0 Å². The van der Waals surface area contributed by atoms with Crippen LogP contribution >= 0.6 is 11.6 Å². The van der Waals surface area contributed by atoms with Gasteiger partial charge < -0.3 is 30.3 Å². The summed E-state index contributed by atoms with van der Waals surface area (Å²) in [5.41, 5.74) is 3.89. The summed E-state index contributed by atoms with van der Waals surface area (Å²) in [5, 5.41) is 14.7. The molecule has 1 aliphatic carbocycles. The van der Waals surface area contributed by atoms with Crippen LogP contribution in [-0.2, 0) is 11.3 Å². The molecule has 0 saturated heterocycles. The first-order valence-electron chi connectivity index (χ1n) is 13.4. The van der Waals surface area contributed by atoms with E-state index >= 15 is 0 Å². The fourth-order valence-corrected chi connectivity index (χ4v) is 5.12. The van der Waals surface area contributed by atoms with Crippen LogP contribution in [0.3, 0.4) is 0 Å². The predicted octanol–water partition coefficient (Wildman–Crippen LogP) is 5.05. The maximum Gasteiger partial charge on any atom is 0.243 e. The van der Waals surface area contributed by atoms with Gasteiger partial charge in [0.1, 0.15) is 16.5 Å². The van der Waals surface area contributed by atoms with Crippen molar-refractivity contribution in [1.82, 2.24) is 25.1 Å². The third-order valence-corrected chi connectivity index (χ3v) is 7.67. The van der Waals surface area contributed by atoms with Crippen LogP contribution in [0.2, 0.25) is 5.02 Å². The normalized spacial score (nSPS) is 16.6. The van der Waals surface area contributed by atoms with Crippen LogP contribution in [0, 0.1) is 5.92 Å². The summed E-state index contributed by atoms with van der Waals surface area (Å²) in [5.74, 6) is 2.69. The average molecular weight is 575 g/mol. The van der Waals surface area contributed by atoms with Gasteiger partial charge in [-0.25, -0.2) is 9.67 Å². The second-order valence-electron chi connectivity index (χ2n) is 10.2. The summed E-state index contributed by atoms with van der Waals surface area (Å²) in [6.07, 6.45) is 8.32. The number of hydrogen-bond donors (Lipinski definition) is 3. The third kappa shape index (κ3) is 5.63. The minimum atomic E-state index is -0.194. The van der Waals surface area contributed by atoms with E-state index in [4.69, 9.17) is 21.1 Å². The molecule has 0 bridgehead atoms. The minimum absolute atomic E-state index is 0.0634. The summed E-state index contributed by atoms with van der Waals surface area (Å²) in [7, 11) is 5.04. The molecular formula is C29H31ClN8O3. The molecule has 4 aromatic rings. The van der Waals surface area contributed by atoms with Crippen LogP contribution in [-0.4, -0.2) is 53.0 Å². The van der Waals surface area contributed by atoms with Gasteiger partial charge in [0.25, 0.3) is 0 Å². The third-order valence-electron chi connectivity index (χ3n) is 7.40. The molecule has 1 saturated carbocycles. The summed E-state index contributed by atoms with van der Waals surface area (Å²) in [6, 6.07) is 11.1. The molecule has 1 aliphatic heterocycles. The maximum atomic E-state index is 13.3. The lowest BCUT2D eigenvalue weighted by atomic mass is 10.1. The van der Waals surface area contributed by atoms with Gasteiger partial charge >= 0.3 is 0 Å². The molecule has 3 N–H and O–H groups in total. The second kappa shape index (κ2) is 11.3. The largest absolute Gasteiger partial charge is 0.497 e. The van der Waals surface area contributed by atoms with Crippen molar-refractivity contribution in [1.29, 1.82) is 0 Å². The van der Waals surface area contributed by atoms with E-state index in [1.165, 1.54) is 19.0 Å². The summed E-state index contributed by atoms with van der Waals surface area (Å²) < 4.78 is 12.8. The van der Waals surface area contributed by atoms with Crippen LogP contribution in [0.5, 0.6) is 11.5 Å². The van der Waals surface area contributed by atoms with Crippen molar-refractivity contribution in [3.8, 4) is 17.2 Å². The number of amides is 1. The number of anilines is 5. The van der Waals surface area contributed by atoms with E-state index in [1.54, 1.807) is 30.0 Å². The SMILES string of the molecule is COc1ccc(Nc2nc(Nc3cc4c(cc3OC)CNC(CC3CC3)C(=O)N4C)ncc2Cl)c(-n2cccn2)c1. The minimum Gasteiger partial charge on any atom is -0.497 e. The number of methoxy groups -OCH3 is 2. The number of carbonyl (C=O) groups excluding carboxylic acids is 1. The van der Waals surface area contributed by atoms with Crippen LogP contribution in [0.25, 0.3) is 5.69 Å². The smallest absolute Gasteiger partial charge is 0.243 e. The molecule has 2 aliphatic rings. The highest BCUT2D eigenvalue weighted by atomic mass is 35.5. The van der Waals surface area contributed by atoms with Gasteiger partial charge in [0.05, 0.1) is 49.2 Å². The predicted molar refractivity (Wildman–Crippen MR) is 158 cm³/mol. The standard InChI is InChI=1S/C29H31ClN8O3/c1-37-24-14-22(26(41-3)12-18(24)15-31-23(28(37)39)11-17-5-6-17)35-29-32-16-20(30)27(36-29)34-21-8-7-19(40-2)13-25(21)38-10-4-9-33-38/h4,7-10,12-14,16-17,23,31H,5-6,11,15H2,1-3H3,(H2,32,34,35,36). The molecule has 6 rings (SSSR count). The molecular weight excluding hydrogens is 544 g/mol. The zero-order chi connectivity index (χ0) is 28.5. The van der Waals surface area contributed by atoms with Crippen LogP contribution in [0.1, 0.15) is 24.8 Å². The molecule has 1 atom stereocenters. The Morgan fingerprint density at radius 3 is 2.68 bits per heavy atom. The van der Waals surface area contributed by atoms with Gasteiger partial charge in [0.2, 0.25) is 11.9 Å². The Labute approximate surface area is 242 Å². The summed E-state index contributed by atoms with van der Waals surface area (Å²) in [4.78, 5) is 24.0. The molecule has 212 valence electrons. The molecule has 3 heterocycles. The van der Waals surface area contributed by atoms with Crippen molar-refractivity contribution in [3.05, 3.63) is 65.6 Å². The Hall–Kier alpha value is -4.35. The Bertz CT molecular complexity index is 1570. The number of carbonyl (C=O) groups is 1. The lowest BCUT2D eigenvalue weighted by molar-refractivity contribution is -0.120. The van der Waals surface area contributed by atoms with Crippen molar-refractivity contribution in [2.24, 2.45) is 5.92 Å². The molecule has 2 aromatic heterocycles. The molecule has 0 spiro atoms. The van der Waals surface area contributed by atoms with Gasteiger partial charge in [0.15, 0.2) is 5.82 Å². The lowest BCUT2D eigenvalue weighted by Crippen LogP contribution is -2.42. The highest BCUT2D eigenvalue weighted by Crippen LogP contribution is 2.39. The highest BCUT2D eigenvalue weighted by molar-refractivity contribution is 6.33. The number of nitrogens with zero attached hydrogens (tertiary/aromatic N) is 5. The van der Waals surface area contributed by atoms with Gasteiger partial charge in [-0.2, -0.15) is 10.1 Å². The molecule has 0 radical (unpaired) electrons. The Balaban J connectivity index is 1.29. The van der Waals surface area contributed by atoms with Gasteiger partial charge in [-0.1, -0.05) is 24.4 Å². The topological polar surface area (TPSA) is 118 Å². The second-order valence-corrected chi connectivity index (χ2v) is 10.6. The highest BCUT2D eigenvalue weighted by Gasteiger charge is 2.33. The van der Waals surface area contributed by atoms with Crippen molar-refractivity contribution < 1.29 is 14.3 Å². The quantitative estimate of drug-likeness (QED) is 0.252. The number of halogens is 1. The monoisotopic (exact) mass is 574 g/mol. The lowest BCUT2D eigenvalue weighted by Gasteiger charge is -2.22. The van der Waals surface area contributed by atoms with Crippen molar-refractivity contribution in [3.63, 3.8) is 0 Å². The Morgan fingerprint density at radius 2 is 1.95 bits per heavy atom. The number of aromatic nitrogens is 4. The fourth-order valence-electron chi connectivity index (χ4n) is 4.98. The molecule has 1 unspecified atom stereocenters. The van der Waals surface area contributed by atoms with E-state index in [0.29, 0.717) is 46.4 Å². The van der Waals surface area contributed by atoms with E-state index in [9.17, 15) is 4.79 Å². The number of hydrogen-bond acceptors (Lipinski definition) is 9. The molecule has 41 heavy (non-hydrogen) atoms. The number of benzene rings is 2. The van der Waals surface area contributed by atoms with Crippen LogP contribution in [0.15, 0.2) is 55.0 Å². The molecule has 1 fully saturated rings. The molecule has 2 aromatic carbocycles. The first-order chi connectivity index (χ1) is 19.9. The van der Waals surface area contributed by atoms with Crippen molar-refractivity contribution in [2.45, 2.75) is 31.8 Å². The Morgan fingerprint density at radius 1 is 1.10 bits per heavy atom. The van der Waals surface area contributed by atoms with Crippen LogP contribution < -0.4 is 30.3 Å². The summed E-state index contributed by atoms with van der Waals surface area (Å²) in [6.45, 7) is 0.575. The molecule has 12 heteroatoms. The van der Waals surface area contributed by atoms with Crippen LogP contribution in [0.4, 0.5) is 28.8 Å². The number of rotatable bonds is 9. The van der Waals surface area contributed by atoms with Crippen molar-refractivity contribution >= 4 is 46.3 Å². The number of fused-ring (bicyclic) bond motifs is 1. The van der Waals surface area contributed by atoms with E-state index in [-0.39, 0.29) is 11.9 Å². The number of ether oxygens (including phenoxy) is 2. The first-order valence-corrected chi connectivity index (χ1v) is 13.8. The van der Waals surface area contributed by atoms with E-state index < -0.39 is 0 Å². The van der Waals surface area contributed by atoms with Crippen molar-refractivity contribution in [2.75, 3.05) is 36.8 Å². The van der Waals surface area contributed by atoms with E-state index in [2.05, 4.69) is 31.0 Å². The zero-order valence-corrected chi connectivity index (χ0v) is 23.8. The fraction of sp³-hybridized carbons (Fsp3) is 0.310.